The number of hydrogen-bond donors (Lipinski definition) is 2. The van der Waals surface area contributed by atoms with Gasteiger partial charge in [-0.2, -0.15) is 0 Å². The number of carbonyl (C=O) groups excluding carboxylic acids is 2. The second-order valence-electron chi connectivity index (χ2n) is 5.79. The SMILES string of the molecule is CCOC(=O)c1ccc(Nc2ccc(NC(=O)c3ccccc3F)cn2)cc1. The molecule has 0 bridgehead atoms. The third-order valence-corrected chi connectivity index (χ3v) is 3.81. The highest BCUT2D eigenvalue weighted by Crippen LogP contribution is 2.18. The van der Waals surface area contributed by atoms with E-state index in [0.717, 1.165) is 5.69 Å². The first-order valence-corrected chi connectivity index (χ1v) is 8.63. The molecule has 0 radical (unpaired) electrons. The standard InChI is InChI=1S/C21H18FN3O3/c1-2-28-21(27)14-7-9-15(10-8-14)24-19-12-11-16(13-23-19)25-20(26)17-5-3-4-6-18(17)22/h3-13H,2H2,1H3,(H,23,24)(H,25,26). The molecule has 6 nitrogen and oxygen atoms in total. The molecule has 0 saturated heterocycles. The molecular weight excluding hydrogens is 361 g/mol. The van der Waals surface area contributed by atoms with E-state index in [1.807, 2.05) is 0 Å². The van der Waals surface area contributed by atoms with Gasteiger partial charge in [-0.3, -0.25) is 4.79 Å². The van der Waals surface area contributed by atoms with Crippen LogP contribution in [-0.4, -0.2) is 23.5 Å². The van der Waals surface area contributed by atoms with E-state index in [9.17, 15) is 14.0 Å². The lowest BCUT2D eigenvalue weighted by molar-refractivity contribution is 0.0526. The Hall–Kier alpha value is -3.74. The van der Waals surface area contributed by atoms with E-state index in [1.165, 1.54) is 24.4 Å². The van der Waals surface area contributed by atoms with Crippen LogP contribution in [0.2, 0.25) is 0 Å². The number of ether oxygens (including phenoxy) is 1. The Bertz CT molecular complexity index is 973. The number of aromatic nitrogens is 1. The van der Waals surface area contributed by atoms with Crippen LogP contribution in [0.5, 0.6) is 0 Å². The normalized spacial score (nSPS) is 10.2. The first kappa shape index (κ1) is 19.0. The molecule has 7 heteroatoms. The highest BCUT2D eigenvalue weighted by Gasteiger charge is 2.11. The summed E-state index contributed by atoms with van der Waals surface area (Å²) in [5.41, 5.74) is 1.61. The maximum Gasteiger partial charge on any atom is 0.338 e. The average Bonchev–Trinajstić information content (AvgIpc) is 2.70. The van der Waals surface area contributed by atoms with E-state index in [-0.39, 0.29) is 11.5 Å². The minimum absolute atomic E-state index is 0.0357. The fourth-order valence-electron chi connectivity index (χ4n) is 2.44. The molecule has 1 amide bonds. The number of amides is 1. The smallest absolute Gasteiger partial charge is 0.338 e. The molecule has 2 N–H and O–H groups in total. The van der Waals surface area contributed by atoms with Crippen LogP contribution in [0, 0.1) is 5.82 Å². The van der Waals surface area contributed by atoms with Crippen LogP contribution in [0.4, 0.5) is 21.6 Å². The van der Waals surface area contributed by atoms with Crippen molar-refractivity contribution in [1.82, 2.24) is 4.98 Å². The highest BCUT2D eigenvalue weighted by molar-refractivity contribution is 6.04. The molecule has 0 aliphatic heterocycles. The van der Waals surface area contributed by atoms with Crippen LogP contribution < -0.4 is 10.6 Å². The van der Waals surface area contributed by atoms with E-state index in [2.05, 4.69) is 15.6 Å². The van der Waals surface area contributed by atoms with Gasteiger partial charge in [0.05, 0.1) is 29.6 Å². The molecule has 0 atom stereocenters. The molecule has 0 saturated carbocycles. The summed E-state index contributed by atoms with van der Waals surface area (Å²) in [6.45, 7) is 2.07. The first-order chi connectivity index (χ1) is 13.6. The summed E-state index contributed by atoms with van der Waals surface area (Å²) < 4.78 is 18.6. The molecule has 3 rings (SSSR count). The summed E-state index contributed by atoms with van der Waals surface area (Å²) in [7, 11) is 0. The minimum atomic E-state index is -0.586. The summed E-state index contributed by atoms with van der Waals surface area (Å²) in [6.07, 6.45) is 1.47. The van der Waals surface area contributed by atoms with Gasteiger partial charge >= 0.3 is 5.97 Å². The molecule has 28 heavy (non-hydrogen) atoms. The van der Waals surface area contributed by atoms with Crippen molar-refractivity contribution in [2.45, 2.75) is 6.92 Å². The van der Waals surface area contributed by atoms with Crippen molar-refractivity contribution in [3.05, 3.63) is 83.8 Å². The zero-order valence-electron chi connectivity index (χ0n) is 15.1. The van der Waals surface area contributed by atoms with E-state index in [4.69, 9.17) is 4.74 Å². The molecule has 142 valence electrons. The first-order valence-electron chi connectivity index (χ1n) is 8.63. The van der Waals surface area contributed by atoms with Crippen molar-refractivity contribution in [3.63, 3.8) is 0 Å². The van der Waals surface area contributed by atoms with E-state index >= 15 is 0 Å². The summed E-state index contributed by atoms with van der Waals surface area (Å²) in [5.74, 6) is -0.956. The van der Waals surface area contributed by atoms with Gasteiger partial charge in [-0.1, -0.05) is 12.1 Å². The van der Waals surface area contributed by atoms with Gasteiger partial charge in [0, 0.05) is 5.69 Å². The molecule has 2 aromatic carbocycles. The van der Waals surface area contributed by atoms with Crippen LogP contribution in [0.3, 0.4) is 0 Å². The zero-order valence-corrected chi connectivity index (χ0v) is 15.1. The summed E-state index contributed by atoms with van der Waals surface area (Å²) in [4.78, 5) is 28.0. The number of anilines is 3. The van der Waals surface area contributed by atoms with Crippen molar-refractivity contribution in [2.24, 2.45) is 0 Å². The van der Waals surface area contributed by atoms with Crippen molar-refractivity contribution in [2.75, 3.05) is 17.2 Å². The van der Waals surface area contributed by atoms with Gasteiger partial charge in [0.15, 0.2) is 0 Å². The quantitative estimate of drug-likeness (QED) is 0.621. The Morgan fingerprint density at radius 3 is 2.36 bits per heavy atom. The maximum absolute atomic E-state index is 13.7. The Balaban J connectivity index is 1.62. The molecule has 0 aliphatic rings. The van der Waals surface area contributed by atoms with Crippen molar-refractivity contribution < 1.29 is 18.7 Å². The van der Waals surface area contributed by atoms with Gasteiger partial charge in [-0.15, -0.1) is 0 Å². The third kappa shape index (κ3) is 4.70. The number of pyridine rings is 1. The lowest BCUT2D eigenvalue weighted by Gasteiger charge is -2.09. The predicted molar refractivity (Wildman–Crippen MR) is 104 cm³/mol. The fraction of sp³-hybridized carbons (Fsp3) is 0.0952. The maximum atomic E-state index is 13.7. The number of halogens is 1. The Labute approximate surface area is 161 Å². The molecular formula is C21H18FN3O3. The molecule has 3 aromatic rings. The van der Waals surface area contributed by atoms with Crippen LogP contribution in [0.25, 0.3) is 0 Å². The lowest BCUT2D eigenvalue weighted by atomic mass is 10.2. The monoisotopic (exact) mass is 379 g/mol. The number of nitrogens with zero attached hydrogens (tertiary/aromatic N) is 1. The van der Waals surface area contributed by atoms with E-state index in [0.29, 0.717) is 23.7 Å². The average molecular weight is 379 g/mol. The molecule has 0 unspecified atom stereocenters. The molecule has 0 fully saturated rings. The van der Waals surface area contributed by atoms with Gasteiger partial charge in [-0.05, 0) is 55.5 Å². The summed E-state index contributed by atoms with van der Waals surface area (Å²) >= 11 is 0. The van der Waals surface area contributed by atoms with Crippen LogP contribution in [-0.2, 0) is 4.74 Å². The molecule has 1 aromatic heterocycles. The number of benzene rings is 2. The van der Waals surface area contributed by atoms with Gasteiger partial charge in [-0.25, -0.2) is 14.2 Å². The molecule has 0 aliphatic carbocycles. The van der Waals surface area contributed by atoms with E-state index < -0.39 is 11.7 Å². The fourth-order valence-corrected chi connectivity index (χ4v) is 2.44. The summed E-state index contributed by atoms with van der Waals surface area (Å²) in [5, 5.41) is 5.69. The second-order valence-corrected chi connectivity index (χ2v) is 5.79. The largest absolute Gasteiger partial charge is 0.462 e. The summed E-state index contributed by atoms with van der Waals surface area (Å²) in [6, 6.07) is 15.9. The van der Waals surface area contributed by atoms with Crippen LogP contribution in [0.15, 0.2) is 66.9 Å². The van der Waals surface area contributed by atoms with Gasteiger partial charge in [0.2, 0.25) is 0 Å². The number of esters is 1. The highest BCUT2D eigenvalue weighted by atomic mass is 19.1. The van der Waals surface area contributed by atoms with E-state index in [1.54, 1.807) is 49.4 Å². The Kier molecular flexibility index (Phi) is 5.96. The lowest BCUT2D eigenvalue weighted by Crippen LogP contribution is -2.13. The van der Waals surface area contributed by atoms with Crippen molar-refractivity contribution in [3.8, 4) is 0 Å². The number of hydrogen-bond acceptors (Lipinski definition) is 5. The number of nitrogens with one attached hydrogen (secondary N) is 2. The zero-order chi connectivity index (χ0) is 19.9. The second kappa shape index (κ2) is 8.77. The van der Waals surface area contributed by atoms with Crippen LogP contribution in [0.1, 0.15) is 27.6 Å². The van der Waals surface area contributed by atoms with Crippen molar-refractivity contribution >= 4 is 29.1 Å². The van der Waals surface area contributed by atoms with Gasteiger partial charge < -0.3 is 15.4 Å². The number of rotatable bonds is 6. The predicted octanol–water partition coefficient (Wildman–Crippen LogP) is 4.39. The Morgan fingerprint density at radius 2 is 1.71 bits per heavy atom. The Morgan fingerprint density at radius 1 is 1.00 bits per heavy atom. The molecule has 0 spiro atoms. The third-order valence-electron chi connectivity index (χ3n) is 3.81. The topological polar surface area (TPSA) is 80.3 Å². The van der Waals surface area contributed by atoms with Gasteiger partial charge in [0.25, 0.3) is 5.91 Å². The van der Waals surface area contributed by atoms with Crippen LogP contribution >= 0.6 is 0 Å². The van der Waals surface area contributed by atoms with Crippen molar-refractivity contribution in [1.29, 1.82) is 0 Å². The van der Waals surface area contributed by atoms with Gasteiger partial charge in [0.1, 0.15) is 11.6 Å². The molecule has 1 heterocycles. The minimum Gasteiger partial charge on any atom is -0.462 e. The number of carbonyl (C=O) groups is 2.